The first-order chi connectivity index (χ1) is 30.8. The normalized spacial score (nSPS) is 13.8. The summed E-state index contributed by atoms with van der Waals surface area (Å²) < 4.78 is 32.7. The van der Waals surface area contributed by atoms with E-state index in [0.717, 1.165) is 38.5 Å². The lowest BCUT2D eigenvalue weighted by Crippen LogP contribution is -2.28. The molecule has 0 aromatic heterocycles. The number of unbranched alkanes of at least 4 members (excludes halogenated alkanes) is 32. The lowest BCUT2D eigenvalue weighted by Gasteiger charge is -2.20. The summed E-state index contributed by atoms with van der Waals surface area (Å²) in [6, 6.07) is 0. The number of rotatable bonds is 50. The minimum absolute atomic E-state index is 0.192. The molecule has 0 aromatic carbocycles. The van der Waals surface area contributed by atoms with Gasteiger partial charge in [0.1, 0.15) is 12.2 Å². The van der Waals surface area contributed by atoms with Crippen molar-refractivity contribution >= 4 is 19.8 Å². The number of phosphoric acid groups is 1. The molecule has 0 radical (unpaired) electrons. The highest BCUT2D eigenvalue weighted by molar-refractivity contribution is 7.47. The van der Waals surface area contributed by atoms with Gasteiger partial charge in [-0.25, -0.2) is 4.57 Å². The molecule has 3 atom stereocenters. The SMILES string of the molecule is CCCCCCCC/C=C\CCCCCCCCCCCC(=O)OC(CO)COP(=O)(O)OCC(CO)OC(=O)CCCCCCCCCCC/C=C\CCCCCCCCCC. The van der Waals surface area contributed by atoms with Crippen molar-refractivity contribution in [1.82, 2.24) is 0 Å². The first-order valence-corrected chi connectivity index (χ1v) is 27.8. The van der Waals surface area contributed by atoms with Gasteiger partial charge in [-0.05, 0) is 64.2 Å². The van der Waals surface area contributed by atoms with Crippen LogP contribution in [0.4, 0.5) is 0 Å². The van der Waals surface area contributed by atoms with Gasteiger partial charge >= 0.3 is 19.8 Å². The third-order valence-corrected chi connectivity index (χ3v) is 12.6. The highest BCUT2D eigenvalue weighted by atomic mass is 31.2. The van der Waals surface area contributed by atoms with Crippen molar-refractivity contribution in [2.24, 2.45) is 0 Å². The second-order valence-electron chi connectivity index (χ2n) is 17.9. The standard InChI is InChI=1S/C52H99O10P/c1-3-5-7-9-11-13-15-17-19-21-23-24-26-28-30-32-34-36-38-40-42-44-52(56)62-50(46-54)48-60-63(57,58)59-47-49(45-53)61-51(55)43-41-39-37-35-33-31-29-27-25-22-20-18-16-14-12-10-8-6-4-2/h18,20-21,23,49-50,53-54H,3-17,19,22,24-48H2,1-2H3,(H,57,58)/b20-18-,23-21-. The molecule has 11 heteroatoms. The fourth-order valence-electron chi connectivity index (χ4n) is 7.58. The van der Waals surface area contributed by atoms with Gasteiger partial charge in [-0.3, -0.25) is 18.6 Å². The molecule has 0 saturated heterocycles. The van der Waals surface area contributed by atoms with Gasteiger partial charge in [-0.1, -0.05) is 205 Å². The van der Waals surface area contributed by atoms with E-state index in [1.165, 1.54) is 180 Å². The van der Waals surface area contributed by atoms with Crippen LogP contribution in [0.2, 0.25) is 0 Å². The maximum absolute atomic E-state index is 12.4. The van der Waals surface area contributed by atoms with E-state index in [1.54, 1.807) is 0 Å². The molecule has 63 heavy (non-hydrogen) atoms. The van der Waals surface area contributed by atoms with Crippen LogP contribution in [-0.4, -0.2) is 65.7 Å². The second-order valence-corrected chi connectivity index (χ2v) is 19.3. The minimum atomic E-state index is -4.64. The van der Waals surface area contributed by atoms with Crippen molar-refractivity contribution < 1.29 is 47.8 Å². The number of aliphatic hydroxyl groups is 2. The first kappa shape index (κ1) is 61.5. The van der Waals surface area contributed by atoms with Crippen LogP contribution in [0, 0.1) is 0 Å². The molecular formula is C52H99O10P. The minimum Gasteiger partial charge on any atom is -0.457 e. The number of carbonyl (C=O) groups excluding carboxylic acids is 2. The van der Waals surface area contributed by atoms with Gasteiger partial charge in [-0.15, -0.1) is 0 Å². The van der Waals surface area contributed by atoms with Crippen LogP contribution in [0.5, 0.6) is 0 Å². The molecule has 0 fully saturated rings. The summed E-state index contributed by atoms with van der Waals surface area (Å²) in [6.07, 6.45) is 51.5. The van der Waals surface area contributed by atoms with Crippen molar-refractivity contribution in [3.63, 3.8) is 0 Å². The summed E-state index contributed by atoms with van der Waals surface area (Å²) in [7, 11) is -4.64. The molecule has 0 heterocycles. The van der Waals surface area contributed by atoms with E-state index in [-0.39, 0.29) is 12.8 Å². The van der Waals surface area contributed by atoms with E-state index in [4.69, 9.17) is 18.5 Å². The Hall–Kier alpha value is -1.55. The Morgan fingerprint density at radius 3 is 0.905 bits per heavy atom. The Morgan fingerprint density at radius 1 is 0.413 bits per heavy atom. The fourth-order valence-corrected chi connectivity index (χ4v) is 8.36. The summed E-state index contributed by atoms with van der Waals surface area (Å²) >= 11 is 0. The number of aliphatic hydroxyl groups excluding tert-OH is 2. The van der Waals surface area contributed by atoms with Crippen LogP contribution in [0.15, 0.2) is 24.3 Å². The number of hydrogen-bond donors (Lipinski definition) is 3. The van der Waals surface area contributed by atoms with E-state index in [2.05, 4.69) is 38.2 Å². The molecule has 3 unspecified atom stereocenters. The highest BCUT2D eigenvalue weighted by Gasteiger charge is 2.27. The molecule has 372 valence electrons. The number of carbonyl (C=O) groups is 2. The molecule has 0 rings (SSSR count). The van der Waals surface area contributed by atoms with Gasteiger partial charge in [0, 0.05) is 12.8 Å². The zero-order valence-corrected chi connectivity index (χ0v) is 41.7. The van der Waals surface area contributed by atoms with Gasteiger partial charge in [0.05, 0.1) is 26.4 Å². The largest absolute Gasteiger partial charge is 0.472 e. The van der Waals surface area contributed by atoms with E-state index >= 15 is 0 Å². The Labute approximate surface area is 387 Å². The molecule has 0 bridgehead atoms. The average Bonchev–Trinajstić information content (AvgIpc) is 3.27. The first-order valence-electron chi connectivity index (χ1n) is 26.3. The number of esters is 2. The smallest absolute Gasteiger partial charge is 0.457 e. The molecule has 0 spiro atoms. The molecule has 0 aromatic rings. The molecule has 3 N–H and O–H groups in total. The number of allylic oxidation sites excluding steroid dienone is 4. The van der Waals surface area contributed by atoms with Gasteiger partial charge < -0.3 is 24.6 Å². The van der Waals surface area contributed by atoms with E-state index in [0.29, 0.717) is 12.8 Å². The monoisotopic (exact) mass is 915 g/mol. The third kappa shape index (κ3) is 46.8. The summed E-state index contributed by atoms with van der Waals surface area (Å²) in [5, 5.41) is 19.3. The highest BCUT2D eigenvalue weighted by Crippen LogP contribution is 2.43. The molecule has 10 nitrogen and oxygen atoms in total. The molecule has 0 amide bonds. The van der Waals surface area contributed by atoms with Crippen LogP contribution in [0.25, 0.3) is 0 Å². The van der Waals surface area contributed by atoms with Crippen LogP contribution in [-0.2, 0) is 32.7 Å². The molecular weight excluding hydrogens is 816 g/mol. The zero-order chi connectivity index (χ0) is 46.2. The summed E-state index contributed by atoms with van der Waals surface area (Å²) in [6.45, 7) is 2.25. The third-order valence-electron chi connectivity index (χ3n) is 11.6. The molecule has 0 aliphatic heterocycles. The van der Waals surface area contributed by atoms with Crippen molar-refractivity contribution in [2.45, 2.75) is 270 Å². The van der Waals surface area contributed by atoms with Gasteiger partial charge in [-0.2, -0.15) is 0 Å². The predicted molar refractivity (Wildman–Crippen MR) is 261 cm³/mol. The van der Waals surface area contributed by atoms with Gasteiger partial charge in [0.2, 0.25) is 0 Å². The van der Waals surface area contributed by atoms with Crippen molar-refractivity contribution in [3.8, 4) is 0 Å². The second kappa shape index (κ2) is 48.4. The van der Waals surface area contributed by atoms with Crippen LogP contribution in [0.1, 0.15) is 258 Å². The fraction of sp³-hybridized carbons (Fsp3) is 0.885. The quantitative estimate of drug-likeness (QED) is 0.0233. The van der Waals surface area contributed by atoms with Crippen molar-refractivity contribution in [3.05, 3.63) is 24.3 Å². The van der Waals surface area contributed by atoms with Crippen LogP contribution in [0.3, 0.4) is 0 Å². The average molecular weight is 915 g/mol. The summed E-state index contributed by atoms with van der Waals surface area (Å²) in [5.41, 5.74) is 0. The van der Waals surface area contributed by atoms with Crippen LogP contribution < -0.4 is 0 Å². The Bertz CT molecular complexity index is 1100. The summed E-state index contributed by atoms with van der Waals surface area (Å²) in [4.78, 5) is 34.7. The molecule has 0 aliphatic carbocycles. The topological polar surface area (TPSA) is 149 Å². The van der Waals surface area contributed by atoms with Crippen LogP contribution >= 0.6 is 7.82 Å². The number of phosphoric ester groups is 1. The maximum atomic E-state index is 12.4. The Balaban J connectivity index is 3.81. The number of hydrogen-bond acceptors (Lipinski definition) is 9. The van der Waals surface area contributed by atoms with Crippen molar-refractivity contribution in [2.75, 3.05) is 26.4 Å². The van der Waals surface area contributed by atoms with Gasteiger partial charge in [0.15, 0.2) is 0 Å². The van der Waals surface area contributed by atoms with E-state index in [9.17, 15) is 29.3 Å². The Morgan fingerprint density at radius 2 is 0.651 bits per heavy atom. The van der Waals surface area contributed by atoms with E-state index in [1.807, 2.05) is 0 Å². The predicted octanol–water partition coefficient (Wildman–Crippen LogP) is 14.9. The zero-order valence-electron chi connectivity index (χ0n) is 40.8. The number of ether oxygens (including phenoxy) is 2. The van der Waals surface area contributed by atoms with E-state index < -0.39 is 58.4 Å². The maximum Gasteiger partial charge on any atom is 0.472 e. The Kier molecular flexibility index (Phi) is 47.2. The molecule has 0 aliphatic rings. The summed E-state index contributed by atoms with van der Waals surface area (Å²) in [5.74, 6) is -1.01. The lowest BCUT2D eigenvalue weighted by atomic mass is 10.1. The molecule has 0 saturated carbocycles. The lowest BCUT2D eigenvalue weighted by molar-refractivity contribution is -0.153. The van der Waals surface area contributed by atoms with Gasteiger partial charge in [0.25, 0.3) is 0 Å². The van der Waals surface area contributed by atoms with Crippen molar-refractivity contribution in [1.29, 1.82) is 0 Å².